The Balaban J connectivity index is 2.25. The zero-order chi connectivity index (χ0) is 11.5. The maximum absolute atomic E-state index is 13.7. The highest BCUT2D eigenvalue weighted by Gasteiger charge is 2.15. The number of rotatable bonds is 3. The summed E-state index contributed by atoms with van der Waals surface area (Å²) in [6.07, 6.45) is 2.72. The molecule has 0 fully saturated rings. The van der Waals surface area contributed by atoms with Crippen LogP contribution in [0.15, 0.2) is 36.6 Å². The predicted molar refractivity (Wildman–Crippen MR) is 58.2 cm³/mol. The Morgan fingerprint density at radius 1 is 1.50 bits per heavy atom. The molecule has 0 aliphatic carbocycles. The predicted octanol–water partition coefficient (Wildman–Crippen LogP) is 1.86. The first kappa shape index (κ1) is 10.4. The molecule has 0 atom stereocenters. The fourth-order valence-corrected chi connectivity index (χ4v) is 1.39. The highest BCUT2D eigenvalue weighted by Crippen LogP contribution is 2.23. The standard InChI is InChI=1S/C12H10FNO2/c1-2-8-4-3-5-10(12(8)13)16-9-6-11(15)14-7-9/h2-6H,1,7H2,(H,14,15). The van der Waals surface area contributed by atoms with Crippen LogP contribution in [0.5, 0.6) is 5.75 Å². The van der Waals surface area contributed by atoms with Gasteiger partial charge in [-0.3, -0.25) is 4.79 Å². The van der Waals surface area contributed by atoms with Gasteiger partial charge in [0.15, 0.2) is 11.6 Å². The van der Waals surface area contributed by atoms with Crippen molar-refractivity contribution in [2.45, 2.75) is 0 Å². The summed E-state index contributed by atoms with van der Waals surface area (Å²) in [5, 5.41) is 2.54. The lowest BCUT2D eigenvalue weighted by atomic mass is 10.2. The maximum atomic E-state index is 13.7. The van der Waals surface area contributed by atoms with Gasteiger partial charge in [-0.15, -0.1) is 0 Å². The van der Waals surface area contributed by atoms with Crippen molar-refractivity contribution < 1.29 is 13.9 Å². The Labute approximate surface area is 92.2 Å². The Kier molecular flexibility index (Phi) is 2.72. The SMILES string of the molecule is C=Cc1cccc(OC2=CC(=O)NC2)c1F. The molecule has 0 saturated carbocycles. The molecule has 1 aliphatic rings. The molecular weight excluding hydrogens is 209 g/mol. The number of amides is 1. The van der Waals surface area contributed by atoms with Crippen LogP contribution in [0.3, 0.4) is 0 Å². The van der Waals surface area contributed by atoms with Crippen molar-refractivity contribution in [2.24, 2.45) is 0 Å². The van der Waals surface area contributed by atoms with Crippen molar-refractivity contribution in [3.63, 3.8) is 0 Å². The molecule has 1 N–H and O–H groups in total. The molecule has 0 unspecified atom stereocenters. The van der Waals surface area contributed by atoms with Gasteiger partial charge in [-0.25, -0.2) is 4.39 Å². The van der Waals surface area contributed by atoms with Crippen LogP contribution in [0.1, 0.15) is 5.56 Å². The Morgan fingerprint density at radius 3 is 2.94 bits per heavy atom. The molecule has 82 valence electrons. The number of carbonyl (C=O) groups is 1. The second-order valence-electron chi connectivity index (χ2n) is 3.29. The van der Waals surface area contributed by atoms with Crippen LogP contribution in [-0.4, -0.2) is 12.5 Å². The summed E-state index contributed by atoms with van der Waals surface area (Å²) in [5.74, 6) is -0.196. The van der Waals surface area contributed by atoms with Crippen LogP contribution in [-0.2, 0) is 4.79 Å². The normalized spacial score (nSPS) is 14.3. The van der Waals surface area contributed by atoms with Gasteiger partial charge in [0.25, 0.3) is 0 Å². The summed E-state index contributed by atoms with van der Waals surface area (Å²) < 4.78 is 19.0. The molecule has 0 bridgehead atoms. The van der Waals surface area contributed by atoms with Gasteiger partial charge in [0.1, 0.15) is 5.76 Å². The summed E-state index contributed by atoms with van der Waals surface area (Å²) in [5.41, 5.74) is 0.371. The van der Waals surface area contributed by atoms with E-state index in [0.29, 0.717) is 11.3 Å². The van der Waals surface area contributed by atoms with Gasteiger partial charge in [0.05, 0.1) is 6.54 Å². The highest BCUT2D eigenvalue weighted by molar-refractivity contribution is 5.90. The second-order valence-corrected chi connectivity index (χ2v) is 3.29. The zero-order valence-corrected chi connectivity index (χ0v) is 8.50. The summed E-state index contributed by atoms with van der Waals surface area (Å²) in [6, 6.07) is 4.77. The average Bonchev–Trinajstić information content (AvgIpc) is 2.67. The number of carbonyl (C=O) groups excluding carboxylic acids is 1. The first-order valence-electron chi connectivity index (χ1n) is 4.78. The third kappa shape index (κ3) is 1.95. The van der Waals surface area contributed by atoms with Crippen LogP contribution in [0.2, 0.25) is 0 Å². The molecule has 0 spiro atoms. The molecule has 0 radical (unpaired) electrons. The minimum atomic E-state index is -0.474. The lowest BCUT2D eigenvalue weighted by molar-refractivity contribution is -0.115. The van der Waals surface area contributed by atoms with Gasteiger partial charge in [-0.05, 0) is 6.07 Å². The van der Waals surface area contributed by atoms with E-state index in [-0.39, 0.29) is 18.2 Å². The van der Waals surface area contributed by atoms with Crippen LogP contribution in [0.4, 0.5) is 4.39 Å². The molecule has 16 heavy (non-hydrogen) atoms. The van der Waals surface area contributed by atoms with Crippen molar-refractivity contribution >= 4 is 12.0 Å². The molecule has 1 amide bonds. The number of benzene rings is 1. The molecule has 1 aliphatic heterocycles. The minimum absolute atomic E-state index is 0.0974. The first-order chi connectivity index (χ1) is 7.70. The minimum Gasteiger partial charge on any atom is -0.457 e. The summed E-state index contributed by atoms with van der Waals surface area (Å²) in [6.45, 7) is 3.79. The Hall–Kier alpha value is -2.10. The molecule has 0 saturated heterocycles. The Morgan fingerprint density at radius 2 is 2.31 bits per heavy atom. The number of hydrogen-bond acceptors (Lipinski definition) is 2. The van der Waals surface area contributed by atoms with Crippen LogP contribution >= 0.6 is 0 Å². The third-order valence-corrected chi connectivity index (χ3v) is 2.18. The zero-order valence-electron chi connectivity index (χ0n) is 8.50. The van der Waals surface area contributed by atoms with E-state index in [9.17, 15) is 9.18 Å². The summed E-state index contributed by atoms with van der Waals surface area (Å²) in [4.78, 5) is 10.9. The van der Waals surface area contributed by atoms with E-state index in [2.05, 4.69) is 11.9 Å². The van der Waals surface area contributed by atoms with Crippen LogP contribution in [0, 0.1) is 5.82 Å². The van der Waals surface area contributed by atoms with Gasteiger partial charge < -0.3 is 10.1 Å². The highest BCUT2D eigenvalue weighted by atomic mass is 19.1. The van der Waals surface area contributed by atoms with E-state index in [4.69, 9.17) is 4.74 Å². The fourth-order valence-electron chi connectivity index (χ4n) is 1.39. The fraction of sp³-hybridized carbons (Fsp3) is 0.0833. The number of halogens is 1. The van der Waals surface area contributed by atoms with Crippen molar-refractivity contribution in [2.75, 3.05) is 6.54 Å². The molecule has 3 nitrogen and oxygen atoms in total. The molecule has 1 aromatic carbocycles. The average molecular weight is 219 g/mol. The van der Waals surface area contributed by atoms with Gasteiger partial charge in [0, 0.05) is 11.6 Å². The Bertz CT molecular complexity index is 480. The number of ether oxygens (including phenoxy) is 1. The number of hydrogen-bond donors (Lipinski definition) is 1. The quantitative estimate of drug-likeness (QED) is 0.842. The van der Waals surface area contributed by atoms with E-state index < -0.39 is 5.82 Å². The van der Waals surface area contributed by atoms with Crippen molar-refractivity contribution in [3.05, 3.63) is 48.0 Å². The topological polar surface area (TPSA) is 38.3 Å². The third-order valence-electron chi connectivity index (χ3n) is 2.18. The molecular formula is C12H10FNO2. The smallest absolute Gasteiger partial charge is 0.247 e. The van der Waals surface area contributed by atoms with E-state index >= 15 is 0 Å². The van der Waals surface area contributed by atoms with Crippen molar-refractivity contribution in [1.82, 2.24) is 5.32 Å². The van der Waals surface area contributed by atoms with Gasteiger partial charge in [-0.2, -0.15) is 0 Å². The van der Waals surface area contributed by atoms with Gasteiger partial charge in [0.2, 0.25) is 5.91 Å². The second kappa shape index (κ2) is 4.18. The van der Waals surface area contributed by atoms with Crippen LogP contribution in [0.25, 0.3) is 6.08 Å². The molecule has 1 aromatic rings. The number of nitrogens with one attached hydrogen (secondary N) is 1. The largest absolute Gasteiger partial charge is 0.457 e. The van der Waals surface area contributed by atoms with E-state index in [0.717, 1.165) is 0 Å². The van der Waals surface area contributed by atoms with Gasteiger partial charge in [-0.1, -0.05) is 24.8 Å². The lowest BCUT2D eigenvalue weighted by Gasteiger charge is -2.08. The van der Waals surface area contributed by atoms with Gasteiger partial charge >= 0.3 is 0 Å². The van der Waals surface area contributed by atoms with E-state index in [1.807, 2.05) is 0 Å². The monoisotopic (exact) mass is 219 g/mol. The first-order valence-corrected chi connectivity index (χ1v) is 4.78. The maximum Gasteiger partial charge on any atom is 0.247 e. The molecule has 4 heteroatoms. The lowest BCUT2D eigenvalue weighted by Crippen LogP contribution is -2.16. The molecule has 1 heterocycles. The summed E-state index contributed by atoms with van der Waals surface area (Å²) in [7, 11) is 0. The van der Waals surface area contributed by atoms with Crippen molar-refractivity contribution in [1.29, 1.82) is 0 Å². The van der Waals surface area contributed by atoms with E-state index in [1.165, 1.54) is 18.2 Å². The van der Waals surface area contributed by atoms with Crippen molar-refractivity contribution in [3.8, 4) is 5.75 Å². The van der Waals surface area contributed by atoms with E-state index in [1.54, 1.807) is 12.1 Å². The molecule has 2 rings (SSSR count). The van der Waals surface area contributed by atoms with Crippen LogP contribution < -0.4 is 10.1 Å². The molecule has 0 aromatic heterocycles. The summed E-state index contributed by atoms with van der Waals surface area (Å²) >= 11 is 0.